The number of pyridine rings is 2. The monoisotopic (exact) mass is 527 g/mol. The lowest BCUT2D eigenvalue weighted by atomic mass is 10.1. The maximum Gasteiger partial charge on any atom is 0.253 e. The molecule has 4 aromatic heterocycles. The molecule has 6 aromatic rings. The Balaban J connectivity index is 1.32. The molecule has 1 amide bonds. The number of amides is 1. The number of imidazole rings is 1. The van der Waals surface area contributed by atoms with Crippen molar-refractivity contribution in [3.8, 4) is 22.9 Å². The summed E-state index contributed by atoms with van der Waals surface area (Å²) in [5.41, 5.74) is 18.5. The summed E-state index contributed by atoms with van der Waals surface area (Å²) in [5.74, 6) is 1.53. The van der Waals surface area contributed by atoms with Gasteiger partial charge in [-0.25, -0.2) is 19.6 Å². The van der Waals surface area contributed by atoms with Gasteiger partial charge in [0.05, 0.1) is 17.2 Å². The van der Waals surface area contributed by atoms with Crippen LogP contribution in [0.4, 0.5) is 11.5 Å². The number of rotatable bonds is 5. The van der Waals surface area contributed by atoms with Crippen molar-refractivity contribution in [3.05, 3.63) is 108 Å². The first-order valence-electron chi connectivity index (χ1n) is 13.0. The van der Waals surface area contributed by atoms with Crippen molar-refractivity contribution in [1.29, 1.82) is 0 Å². The molecule has 0 saturated carbocycles. The summed E-state index contributed by atoms with van der Waals surface area (Å²) in [7, 11) is 0. The summed E-state index contributed by atoms with van der Waals surface area (Å²) in [6, 6.07) is 22.7. The second kappa shape index (κ2) is 9.35. The zero-order chi connectivity index (χ0) is 27.2. The molecule has 2 aromatic carbocycles. The lowest BCUT2D eigenvalue weighted by molar-refractivity contribution is 0.0937. The number of nitrogen functional groups attached to an aromatic ring is 2. The Kier molecular flexibility index (Phi) is 5.52. The van der Waals surface area contributed by atoms with Crippen molar-refractivity contribution in [1.82, 2.24) is 34.6 Å². The second-order valence-corrected chi connectivity index (χ2v) is 9.70. The molecule has 40 heavy (non-hydrogen) atoms. The molecule has 0 bridgehead atoms. The average molecular weight is 528 g/mol. The number of nitrogens with two attached hydrogens (primary N) is 2. The molecule has 0 radical (unpaired) electrons. The minimum absolute atomic E-state index is 0.103. The van der Waals surface area contributed by atoms with E-state index < -0.39 is 0 Å². The second-order valence-electron chi connectivity index (χ2n) is 9.70. The van der Waals surface area contributed by atoms with Crippen molar-refractivity contribution < 1.29 is 4.79 Å². The third-order valence-electron chi connectivity index (χ3n) is 7.28. The third kappa shape index (κ3) is 3.93. The van der Waals surface area contributed by atoms with Gasteiger partial charge in [-0.1, -0.05) is 18.2 Å². The number of anilines is 2. The van der Waals surface area contributed by atoms with Crippen LogP contribution in [0.5, 0.6) is 0 Å². The van der Waals surface area contributed by atoms with E-state index in [-0.39, 0.29) is 11.9 Å². The molecule has 0 aliphatic heterocycles. The maximum absolute atomic E-state index is 13.0. The van der Waals surface area contributed by atoms with Crippen LogP contribution < -0.4 is 16.8 Å². The Morgan fingerprint density at radius 1 is 0.950 bits per heavy atom. The molecular formula is C30H25N9O. The highest BCUT2D eigenvalue weighted by Gasteiger charge is 2.26. The Morgan fingerprint density at radius 3 is 2.67 bits per heavy atom. The van der Waals surface area contributed by atoms with Gasteiger partial charge >= 0.3 is 0 Å². The number of benzene rings is 2. The largest absolute Gasteiger partial charge is 0.398 e. The van der Waals surface area contributed by atoms with Gasteiger partial charge in [0.15, 0.2) is 17.3 Å². The molecule has 1 atom stereocenters. The number of carbonyl (C=O) groups is 1. The molecule has 10 nitrogen and oxygen atoms in total. The van der Waals surface area contributed by atoms with Crippen molar-refractivity contribution in [2.45, 2.75) is 18.9 Å². The minimum Gasteiger partial charge on any atom is -0.398 e. The number of para-hydroxylation sites is 1. The van der Waals surface area contributed by atoms with Gasteiger partial charge < -0.3 is 16.8 Å². The number of carbonyl (C=O) groups excluding carboxylic acids is 1. The molecule has 7 rings (SSSR count). The van der Waals surface area contributed by atoms with E-state index in [0.29, 0.717) is 39.9 Å². The van der Waals surface area contributed by atoms with Crippen LogP contribution >= 0.6 is 0 Å². The van der Waals surface area contributed by atoms with E-state index in [1.165, 1.54) is 0 Å². The third-order valence-corrected chi connectivity index (χ3v) is 7.28. The lowest BCUT2D eigenvalue weighted by Crippen LogP contribution is -2.27. The molecule has 5 N–H and O–H groups in total. The lowest BCUT2D eigenvalue weighted by Gasteiger charge is -2.16. The van der Waals surface area contributed by atoms with E-state index in [1.54, 1.807) is 29.2 Å². The van der Waals surface area contributed by atoms with Gasteiger partial charge in [-0.2, -0.15) is 5.10 Å². The highest BCUT2D eigenvalue weighted by Crippen LogP contribution is 2.36. The Hall–Kier alpha value is -5.51. The fraction of sp³-hybridized carbons (Fsp3) is 0.100. The smallest absolute Gasteiger partial charge is 0.253 e. The van der Waals surface area contributed by atoms with E-state index >= 15 is 0 Å². The van der Waals surface area contributed by atoms with Gasteiger partial charge in [0.1, 0.15) is 11.3 Å². The molecule has 196 valence electrons. The molecule has 0 saturated heterocycles. The summed E-state index contributed by atoms with van der Waals surface area (Å²) in [4.78, 5) is 27.1. The van der Waals surface area contributed by atoms with Crippen LogP contribution in [0.3, 0.4) is 0 Å². The number of nitrogens with zero attached hydrogens (tertiary/aromatic N) is 6. The average Bonchev–Trinajstić information content (AvgIpc) is 3.72. The zero-order valence-corrected chi connectivity index (χ0v) is 21.4. The SMILES string of the molecule is Nc1ccccc1C(=O)NC1CCc2cc(-n3c(-c4cccnc4N)nc4ccc(-n5cccn5)nc43)ccc21. The number of aryl methyl sites for hydroxylation is 1. The minimum atomic E-state index is -0.176. The van der Waals surface area contributed by atoms with Crippen LogP contribution in [-0.2, 0) is 6.42 Å². The number of nitrogens with one attached hydrogen (secondary N) is 1. The maximum atomic E-state index is 13.0. The fourth-order valence-corrected chi connectivity index (χ4v) is 5.34. The quantitative estimate of drug-likeness (QED) is 0.285. The van der Waals surface area contributed by atoms with E-state index in [0.717, 1.165) is 35.2 Å². The van der Waals surface area contributed by atoms with Crippen LogP contribution in [0.1, 0.15) is 33.9 Å². The number of hydrogen-bond acceptors (Lipinski definition) is 7. The fourth-order valence-electron chi connectivity index (χ4n) is 5.34. The number of aromatic nitrogens is 6. The van der Waals surface area contributed by atoms with Crippen molar-refractivity contribution in [3.63, 3.8) is 0 Å². The molecule has 10 heteroatoms. The molecular weight excluding hydrogens is 502 g/mol. The van der Waals surface area contributed by atoms with Crippen LogP contribution in [0, 0.1) is 0 Å². The van der Waals surface area contributed by atoms with Gasteiger partial charge in [0.2, 0.25) is 0 Å². The number of fused-ring (bicyclic) bond motifs is 2. The summed E-state index contributed by atoms with van der Waals surface area (Å²) in [6.45, 7) is 0. The summed E-state index contributed by atoms with van der Waals surface area (Å²) < 4.78 is 3.72. The van der Waals surface area contributed by atoms with Gasteiger partial charge in [-0.05, 0) is 78.6 Å². The predicted octanol–water partition coefficient (Wildman–Crippen LogP) is 4.25. The van der Waals surface area contributed by atoms with Crippen LogP contribution in [0.25, 0.3) is 34.1 Å². The van der Waals surface area contributed by atoms with E-state index in [9.17, 15) is 4.79 Å². The summed E-state index contributed by atoms with van der Waals surface area (Å²) >= 11 is 0. The van der Waals surface area contributed by atoms with E-state index in [4.69, 9.17) is 21.4 Å². The Morgan fingerprint density at radius 2 is 1.85 bits per heavy atom. The summed E-state index contributed by atoms with van der Waals surface area (Å²) in [5, 5.41) is 7.49. The first-order valence-corrected chi connectivity index (χ1v) is 13.0. The van der Waals surface area contributed by atoms with Gasteiger partial charge in [-0.15, -0.1) is 0 Å². The first-order chi connectivity index (χ1) is 19.6. The van der Waals surface area contributed by atoms with Crippen molar-refractivity contribution >= 4 is 28.6 Å². The van der Waals surface area contributed by atoms with E-state index in [2.05, 4.69) is 27.5 Å². The Bertz CT molecular complexity index is 1890. The normalized spacial score (nSPS) is 14.3. The molecule has 0 spiro atoms. The van der Waals surface area contributed by atoms with Crippen LogP contribution in [0.2, 0.25) is 0 Å². The van der Waals surface area contributed by atoms with Crippen molar-refractivity contribution in [2.24, 2.45) is 0 Å². The Labute approximate surface area is 229 Å². The summed E-state index contributed by atoms with van der Waals surface area (Å²) in [6.07, 6.45) is 6.84. The predicted molar refractivity (Wildman–Crippen MR) is 153 cm³/mol. The highest BCUT2D eigenvalue weighted by atomic mass is 16.1. The molecule has 1 unspecified atom stereocenters. The van der Waals surface area contributed by atoms with Crippen molar-refractivity contribution in [2.75, 3.05) is 11.5 Å². The molecule has 0 fully saturated rings. The van der Waals surface area contributed by atoms with Gasteiger partial charge in [0.25, 0.3) is 5.91 Å². The van der Waals surface area contributed by atoms with Crippen LogP contribution in [-0.4, -0.2) is 35.2 Å². The molecule has 1 aliphatic carbocycles. The number of hydrogen-bond donors (Lipinski definition) is 3. The standard InChI is InChI=1S/C30H25N9O/c31-23-7-2-1-5-21(23)30(40)36-24-11-8-18-17-19(9-10-20(18)24)39-28(22-6-3-14-33-27(22)32)35-25-12-13-26(37-29(25)39)38-16-4-15-34-38/h1-7,9-10,12-17,24H,8,11,31H2,(H2,32,33)(H,36,40). The first kappa shape index (κ1) is 23.6. The molecule has 1 aliphatic rings. The van der Waals surface area contributed by atoms with Gasteiger partial charge in [-0.3, -0.25) is 9.36 Å². The van der Waals surface area contributed by atoms with Crippen LogP contribution in [0.15, 0.2) is 91.4 Å². The highest BCUT2D eigenvalue weighted by molar-refractivity contribution is 5.99. The zero-order valence-electron chi connectivity index (χ0n) is 21.4. The van der Waals surface area contributed by atoms with Gasteiger partial charge in [0, 0.05) is 30.0 Å². The molecule has 4 heterocycles. The topological polar surface area (TPSA) is 143 Å². The van der Waals surface area contributed by atoms with E-state index in [1.807, 2.05) is 59.3 Å².